The van der Waals surface area contributed by atoms with Crippen molar-refractivity contribution in [1.82, 2.24) is 0 Å². The third kappa shape index (κ3) is 10.8. The summed E-state index contributed by atoms with van der Waals surface area (Å²) in [5, 5.41) is 0. The van der Waals surface area contributed by atoms with Crippen molar-refractivity contribution in [3.8, 4) is 0 Å². The van der Waals surface area contributed by atoms with Crippen molar-refractivity contribution in [2.75, 3.05) is 0 Å². The molecule has 12 aliphatic rings. The highest BCUT2D eigenvalue weighted by molar-refractivity contribution is 5.70. The number of benzene rings is 3. The first-order valence-corrected chi connectivity index (χ1v) is 38.4. The monoisotopic (exact) mass is 1100 g/mol. The van der Waals surface area contributed by atoms with Crippen molar-refractivity contribution in [1.29, 1.82) is 0 Å². The molecule has 446 valence electrons. The van der Waals surface area contributed by atoms with Gasteiger partial charge in [0.1, 0.15) is 0 Å². The van der Waals surface area contributed by atoms with Crippen LogP contribution in [-0.2, 0) is 25.7 Å². The van der Waals surface area contributed by atoms with Gasteiger partial charge in [-0.1, -0.05) is 193 Å². The Balaban J connectivity index is 1.02. The van der Waals surface area contributed by atoms with Crippen LogP contribution >= 0.6 is 0 Å². The highest BCUT2D eigenvalue weighted by Crippen LogP contribution is 2.61. The van der Waals surface area contributed by atoms with Crippen LogP contribution in [0.25, 0.3) is 0 Å². The van der Waals surface area contributed by atoms with Crippen molar-refractivity contribution in [3.05, 3.63) is 100 Å². The molecule has 10 fully saturated rings. The summed E-state index contributed by atoms with van der Waals surface area (Å²) in [7, 11) is 0. The van der Waals surface area contributed by atoms with Gasteiger partial charge in [0, 0.05) is 0 Å². The Hall–Kier alpha value is -2.34. The molecule has 12 aliphatic carbocycles. The molecule has 10 saturated carbocycles. The molecular formula is C82H118. The highest BCUT2D eigenvalue weighted by atomic mass is 14.5. The second kappa shape index (κ2) is 25.8. The molecular weight excluding hydrogens is 985 g/mol. The first-order valence-electron chi connectivity index (χ1n) is 38.4. The number of rotatable bonds is 10. The van der Waals surface area contributed by atoms with Crippen LogP contribution in [0.15, 0.2) is 0 Å². The Morgan fingerprint density at radius 3 is 0.366 bits per heavy atom. The lowest BCUT2D eigenvalue weighted by Crippen LogP contribution is -2.31. The predicted octanol–water partition coefficient (Wildman–Crippen LogP) is 25.2. The molecule has 0 heteroatoms. The van der Waals surface area contributed by atoms with E-state index in [0.717, 1.165) is 59.2 Å². The van der Waals surface area contributed by atoms with Gasteiger partial charge < -0.3 is 0 Å². The minimum absolute atomic E-state index is 0.769. The normalized spacial score (nSPS) is 26.3. The summed E-state index contributed by atoms with van der Waals surface area (Å²) >= 11 is 0. The quantitative estimate of drug-likeness (QED) is 0.131. The number of hydrogen-bond donors (Lipinski definition) is 0. The fourth-order valence-electron chi connectivity index (χ4n) is 23.7. The molecule has 0 saturated heterocycles. The Morgan fingerprint density at radius 1 is 0.110 bits per heavy atom. The smallest absolute Gasteiger partial charge is 0.00140 e. The molecule has 3 aromatic carbocycles. The van der Waals surface area contributed by atoms with E-state index in [2.05, 4.69) is 55.6 Å². The largest absolute Gasteiger partial charge is 0.0533 e. The second-order valence-electron chi connectivity index (χ2n) is 32.0. The van der Waals surface area contributed by atoms with E-state index >= 15 is 0 Å². The van der Waals surface area contributed by atoms with Crippen LogP contribution in [0.5, 0.6) is 0 Å². The van der Waals surface area contributed by atoms with E-state index in [-0.39, 0.29) is 0 Å². The molecule has 0 atom stereocenters. The first-order chi connectivity index (χ1) is 40.8. The van der Waals surface area contributed by atoms with E-state index in [0.29, 0.717) is 0 Å². The Bertz CT molecular complexity index is 2310. The summed E-state index contributed by atoms with van der Waals surface area (Å²) in [5.74, 6) is 8.03. The molecule has 0 heterocycles. The maximum Gasteiger partial charge on any atom is -0.00140 e. The summed E-state index contributed by atoms with van der Waals surface area (Å²) in [6.45, 7) is 0. The third-order valence-electron chi connectivity index (χ3n) is 27.3. The average Bonchev–Trinajstić information content (AvgIpc) is 2.54. The van der Waals surface area contributed by atoms with E-state index in [9.17, 15) is 0 Å². The molecule has 0 aliphatic heterocycles. The summed E-state index contributed by atoms with van der Waals surface area (Å²) in [5.41, 5.74) is 37.0. The molecule has 0 aromatic heterocycles. The van der Waals surface area contributed by atoms with Crippen molar-refractivity contribution < 1.29 is 0 Å². The molecule has 0 nitrogen and oxygen atoms in total. The first kappa shape index (κ1) is 56.2. The van der Waals surface area contributed by atoms with E-state index < -0.39 is 0 Å². The highest BCUT2D eigenvalue weighted by Gasteiger charge is 2.45. The van der Waals surface area contributed by atoms with Crippen LogP contribution in [-0.4, -0.2) is 0 Å². The molecule has 0 amide bonds. The zero-order valence-corrected chi connectivity index (χ0v) is 53.0. The summed E-state index contributed by atoms with van der Waals surface area (Å²) in [6, 6.07) is 0. The van der Waals surface area contributed by atoms with Crippen molar-refractivity contribution in [2.45, 2.75) is 406 Å². The topological polar surface area (TPSA) is 0 Å². The van der Waals surface area contributed by atoms with Gasteiger partial charge in [0.2, 0.25) is 0 Å². The van der Waals surface area contributed by atoms with Crippen molar-refractivity contribution in [2.24, 2.45) is 0 Å². The van der Waals surface area contributed by atoms with Crippen molar-refractivity contribution in [3.63, 3.8) is 0 Å². The summed E-state index contributed by atoms with van der Waals surface area (Å²) < 4.78 is 0. The van der Waals surface area contributed by atoms with Gasteiger partial charge in [0.05, 0.1) is 0 Å². The lowest BCUT2D eigenvalue weighted by atomic mass is 9.59. The van der Waals surface area contributed by atoms with E-state index in [1.165, 1.54) is 347 Å². The zero-order valence-electron chi connectivity index (χ0n) is 53.0. The minimum atomic E-state index is 0.769. The van der Waals surface area contributed by atoms with Crippen LogP contribution in [0.1, 0.15) is 480 Å². The molecule has 0 radical (unpaired) electrons. The molecule has 0 bridgehead atoms. The maximum absolute atomic E-state index is 2.09. The number of fused-ring (bicyclic) bond motifs is 4. The molecule has 0 unspecified atom stereocenters. The van der Waals surface area contributed by atoms with Crippen LogP contribution in [0, 0.1) is 0 Å². The molecule has 15 rings (SSSR count). The molecule has 82 heavy (non-hydrogen) atoms. The average molecular weight is 1100 g/mol. The van der Waals surface area contributed by atoms with Gasteiger partial charge in [-0.15, -0.1) is 0 Å². The Kier molecular flexibility index (Phi) is 17.7. The predicted molar refractivity (Wildman–Crippen MR) is 349 cm³/mol. The minimum Gasteiger partial charge on any atom is -0.0533 e. The molecule has 3 aromatic rings. The maximum atomic E-state index is 2.09. The van der Waals surface area contributed by atoms with Crippen LogP contribution < -0.4 is 0 Å². The van der Waals surface area contributed by atoms with E-state index in [1.807, 2.05) is 44.5 Å². The Morgan fingerprint density at radius 2 is 0.220 bits per heavy atom. The number of hydrogen-bond acceptors (Lipinski definition) is 0. The van der Waals surface area contributed by atoms with Gasteiger partial charge in [-0.05, 0) is 313 Å². The van der Waals surface area contributed by atoms with Crippen LogP contribution in [0.4, 0.5) is 0 Å². The van der Waals surface area contributed by atoms with Gasteiger partial charge in [0.15, 0.2) is 0 Å². The Labute approximate surface area is 503 Å². The van der Waals surface area contributed by atoms with Gasteiger partial charge in [-0.2, -0.15) is 0 Å². The van der Waals surface area contributed by atoms with Crippen LogP contribution in [0.3, 0.4) is 0 Å². The molecule has 0 spiro atoms. The van der Waals surface area contributed by atoms with Gasteiger partial charge in [0.25, 0.3) is 0 Å². The lowest BCUT2D eigenvalue weighted by Gasteiger charge is -2.45. The SMILES string of the molecule is C1CCC(c2c3c(c(C4CCCCC4)c4c2Cc2c(c(C5CCCCC5)c(C5CCCCC5)c(C5CCCCC5)c2C2CCCCC2)C4)Cc2c(c(C4CCCCC4)c(C4CCCCC4)c(C4CCCCC4)c2C2CCCCC2)C3)CC1. The zero-order chi connectivity index (χ0) is 54.3. The van der Waals surface area contributed by atoms with Crippen molar-refractivity contribution >= 4 is 0 Å². The van der Waals surface area contributed by atoms with Gasteiger partial charge in [-0.3, -0.25) is 0 Å². The summed E-state index contributed by atoms with van der Waals surface area (Å²) in [4.78, 5) is 0. The van der Waals surface area contributed by atoms with E-state index in [1.54, 1.807) is 0 Å². The second-order valence-corrected chi connectivity index (χ2v) is 32.0. The van der Waals surface area contributed by atoms with Crippen LogP contribution in [0.2, 0.25) is 0 Å². The van der Waals surface area contributed by atoms with Gasteiger partial charge >= 0.3 is 0 Å². The third-order valence-corrected chi connectivity index (χ3v) is 27.3. The fourth-order valence-corrected chi connectivity index (χ4v) is 23.7. The standard InChI is InChI=1S/C82H118/c1-11-31-55(32-12-1)73-65-51-69-71(77(59-39-19-5-20-40-59)81(63-47-27-9-28-48-63)79(61-43-23-7-24-44-61)75(69)57-35-15-3-16-36-57)53-67(65)74(56-33-13-2-14-34-56)68-54-72-70(52-66(68)73)76(58-37-17-4-18-38-58)80(62-45-25-8-26-46-62)82(64-49-29-10-30-50-64)78(72)60-41-21-6-22-42-60/h55-64H,1-54H2. The van der Waals surface area contributed by atoms with E-state index in [4.69, 9.17) is 0 Å². The fraction of sp³-hybridized carbons (Fsp3) is 0.780. The van der Waals surface area contributed by atoms with Gasteiger partial charge in [-0.25, -0.2) is 0 Å². The molecule has 0 N–H and O–H groups in total. The summed E-state index contributed by atoms with van der Waals surface area (Å²) in [6.07, 6.45) is 79.3. The lowest BCUT2D eigenvalue weighted by molar-refractivity contribution is 0.390.